The summed E-state index contributed by atoms with van der Waals surface area (Å²) in [7, 11) is 0. The number of hydrogen-bond acceptors (Lipinski definition) is 3. The molecule has 1 aromatic heterocycles. The van der Waals surface area contributed by atoms with Gasteiger partial charge >= 0.3 is 0 Å². The van der Waals surface area contributed by atoms with Crippen LogP contribution in [0.4, 0.5) is 0 Å². The van der Waals surface area contributed by atoms with Crippen LogP contribution >= 0.6 is 11.8 Å². The third-order valence-electron chi connectivity index (χ3n) is 2.99. The van der Waals surface area contributed by atoms with Gasteiger partial charge in [-0.3, -0.25) is 4.98 Å². The first-order valence-corrected chi connectivity index (χ1v) is 7.21. The molecule has 1 N–H and O–H groups in total. The van der Waals surface area contributed by atoms with Gasteiger partial charge in [0.05, 0.1) is 0 Å². The highest BCUT2D eigenvalue weighted by Crippen LogP contribution is 2.35. The summed E-state index contributed by atoms with van der Waals surface area (Å²) in [5, 5.41) is 4.40. The maximum Gasteiger partial charge on any atom is 0.0455 e. The summed E-state index contributed by atoms with van der Waals surface area (Å²) < 4.78 is 0. The van der Waals surface area contributed by atoms with Crippen LogP contribution in [-0.4, -0.2) is 22.5 Å². The minimum atomic E-state index is 0.487. The zero-order valence-electron chi connectivity index (χ0n) is 9.86. The molecule has 16 heavy (non-hydrogen) atoms. The van der Waals surface area contributed by atoms with E-state index in [1.807, 2.05) is 18.5 Å². The van der Waals surface area contributed by atoms with Crippen LogP contribution in [0.3, 0.4) is 0 Å². The summed E-state index contributed by atoms with van der Waals surface area (Å²) in [4.78, 5) is 4.24. The van der Waals surface area contributed by atoms with Crippen molar-refractivity contribution in [2.45, 2.75) is 37.5 Å². The van der Waals surface area contributed by atoms with Gasteiger partial charge in [-0.2, -0.15) is 11.8 Å². The molecule has 1 aromatic rings. The lowest BCUT2D eigenvalue weighted by molar-refractivity contribution is 0.502. The molecule has 88 valence electrons. The first-order chi connectivity index (χ1) is 7.92. The van der Waals surface area contributed by atoms with E-state index in [-0.39, 0.29) is 0 Å². The quantitative estimate of drug-likeness (QED) is 0.850. The fourth-order valence-electron chi connectivity index (χ4n) is 2.19. The van der Waals surface area contributed by atoms with Crippen LogP contribution in [0.15, 0.2) is 24.5 Å². The Balaban J connectivity index is 2.07. The van der Waals surface area contributed by atoms with Crippen molar-refractivity contribution in [3.8, 4) is 0 Å². The van der Waals surface area contributed by atoms with Crippen LogP contribution in [0.1, 0.15) is 37.8 Å². The monoisotopic (exact) mass is 236 g/mol. The lowest BCUT2D eigenvalue weighted by Gasteiger charge is -2.24. The van der Waals surface area contributed by atoms with Crippen molar-refractivity contribution in [3.05, 3.63) is 30.1 Å². The Bertz CT molecular complexity index is 296. The number of pyridine rings is 1. The van der Waals surface area contributed by atoms with Gasteiger partial charge < -0.3 is 5.32 Å². The first-order valence-electron chi connectivity index (χ1n) is 6.16. The van der Waals surface area contributed by atoms with E-state index >= 15 is 0 Å². The number of rotatable bonds is 5. The molecule has 0 saturated carbocycles. The smallest absolute Gasteiger partial charge is 0.0455 e. The van der Waals surface area contributed by atoms with Crippen LogP contribution in [-0.2, 0) is 0 Å². The van der Waals surface area contributed by atoms with Crippen LogP contribution in [0.2, 0.25) is 0 Å². The fraction of sp³-hybridized carbons (Fsp3) is 0.615. The molecule has 2 atom stereocenters. The Hall–Kier alpha value is -0.540. The van der Waals surface area contributed by atoms with Gasteiger partial charge in [-0.25, -0.2) is 0 Å². The van der Waals surface area contributed by atoms with Crippen molar-refractivity contribution in [1.29, 1.82) is 0 Å². The van der Waals surface area contributed by atoms with Crippen molar-refractivity contribution in [2.24, 2.45) is 0 Å². The molecule has 0 bridgehead atoms. The van der Waals surface area contributed by atoms with Crippen molar-refractivity contribution < 1.29 is 0 Å². The maximum atomic E-state index is 4.24. The van der Waals surface area contributed by atoms with Gasteiger partial charge in [0.1, 0.15) is 0 Å². The topological polar surface area (TPSA) is 24.9 Å². The van der Waals surface area contributed by atoms with Gasteiger partial charge in [0, 0.05) is 23.7 Å². The predicted octanol–water partition coefficient (Wildman–Crippen LogP) is 3.02. The second-order valence-electron chi connectivity index (χ2n) is 4.27. The summed E-state index contributed by atoms with van der Waals surface area (Å²) in [6, 6.07) is 4.72. The number of nitrogens with one attached hydrogen (secondary N) is 1. The second kappa shape index (κ2) is 6.26. The first kappa shape index (κ1) is 11.9. The molecular weight excluding hydrogens is 216 g/mol. The molecule has 1 aliphatic heterocycles. The second-order valence-corrected chi connectivity index (χ2v) is 5.62. The zero-order valence-corrected chi connectivity index (χ0v) is 10.7. The van der Waals surface area contributed by atoms with E-state index in [1.165, 1.54) is 30.6 Å². The summed E-state index contributed by atoms with van der Waals surface area (Å²) >= 11 is 2.11. The van der Waals surface area contributed by atoms with E-state index in [0.29, 0.717) is 6.04 Å². The molecule has 2 rings (SSSR count). The van der Waals surface area contributed by atoms with Crippen LogP contribution in [0.25, 0.3) is 0 Å². The summed E-state index contributed by atoms with van der Waals surface area (Å²) in [6.07, 6.45) is 7.74. The molecule has 1 saturated heterocycles. The zero-order chi connectivity index (χ0) is 11.2. The van der Waals surface area contributed by atoms with Crippen LogP contribution < -0.4 is 5.32 Å². The Kier molecular flexibility index (Phi) is 4.67. The molecule has 1 fully saturated rings. The maximum absolute atomic E-state index is 4.24. The molecule has 0 aromatic carbocycles. The van der Waals surface area contributed by atoms with Gasteiger partial charge in [-0.1, -0.05) is 13.0 Å². The highest BCUT2D eigenvalue weighted by atomic mass is 32.2. The third kappa shape index (κ3) is 2.98. The van der Waals surface area contributed by atoms with Gasteiger partial charge in [-0.05, 0) is 43.2 Å². The normalized spacial score (nSPS) is 22.2. The van der Waals surface area contributed by atoms with E-state index in [4.69, 9.17) is 0 Å². The molecule has 0 spiro atoms. The Morgan fingerprint density at radius 2 is 2.56 bits per heavy atom. The lowest BCUT2D eigenvalue weighted by atomic mass is 10.0. The molecule has 0 aliphatic carbocycles. The van der Waals surface area contributed by atoms with Gasteiger partial charge in [0.15, 0.2) is 0 Å². The lowest BCUT2D eigenvalue weighted by Crippen LogP contribution is -2.29. The van der Waals surface area contributed by atoms with E-state index in [0.717, 1.165) is 11.8 Å². The van der Waals surface area contributed by atoms with Gasteiger partial charge in [-0.15, -0.1) is 0 Å². The molecule has 0 radical (unpaired) electrons. The van der Waals surface area contributed by atoms with Gasteiger partial charge in [0.2, 0.25) is 0 Å². The molecule has 1 aliphatic rings. The molecule has 3 heteroatoms. The van der Waals surface area contributed by atoms with Crippen molar-refractivity contribution >= 4 is 11.8 Å². The SMILES string of the molecule is CCCNC(c1cccnc1)C1CCCS1. The van der Waals surface area contributed by atoms with Gasteiger partial charge in [0.25, 0.3) is 0 Å². The van der Waals surface area contributed by atoms with E-state index < -0.39 is 0 Å². The third-order valence-corrected chi connectivity index (χ3v) is 4.45. The minimum Gasteiger partial charge on any atom is -0.309 e. The molecule has 0 amide bonds. The average molecular weight is 236 g/mol. The van der Waals surface area contributed by atoms with Crippen molar-refractivity contribution in [3.63, 3.8) is 0 Å². The fourth-order valence-corrected chi connectivity index (χ4v) is 3.60. The van der Waals surface area contributed by atoms with E-state index in [1.54, 1.807) is 0 Å². The highest BCUT2D eigenvalue weighted by molar-refractivity contribution is 8.00. The molecule has 2 heterocycles. The van der Waals surface area contributed by atoms with Crippen molar-refractivity contribution in [1.82, 2.24) is 10.3 Å². The summed E-state index contributed by atoms with van der Waals surface area (Å²) in [5.74, 6) is 1.31. The predicted molar refractivity (Wildman–Crippen MR) is 70.8 cm³/mol. The molecule has 2 unspecified atom stereocenters. The van der Waals surface area contributed by atoms with Crippen LogP contribution in [0, 0.1) is 0 Å². The Morgan fingerprint density at radius 1 is 1.62 bits per heavy atom. The van der Waals surface area contributed by atoms with Crippen LogP contribution in [0.5, 0.6) is 0 Å². The Morgan fingerprint density at radius 3 is 3.19 bits per heavy atom. The summed E-state index contributed by atoms with van der Waals surface area (Å²) in [5.41, 5.74) is 1.34. The number of aromatic nitrogens is 1. The number of nitrogens with zero attached hydrogens (tertiary/aromatic N) is 1. The minimum absolute atomic E-state index is 0.487. The number of hydrogen-bond donors (Lipinski definition) is 1. The largest absolute Gasteiger partial charge is 0.309 e. The summed E-state index contributed by atoms with van der Waals surface area (Å²) in [6.45, 7) is 3.31. The molecular formula is C13H20N2S. The van der Waals surface area contributed by atoms with Crippen molar-refractivity contribution in [2.75, 3.05) is 12.3 Å². The number of thioether (sulfide) groups is 1. The Labute approximate surface area is 102 Å². The van der Waals surface area contributed by atoms with E-state index in [9.17, 15) is 0 Å². The molecule has 2 nitrogen and oxygen atoms in total. The average Bonchev–Trinajstić information content (AvgIpc) is 2.85. The standard InChI is InChI=1S/C13H20N2S/c1-2-7-15-13(12-6-4-9-16-12)11-5-3-8-14-10-11/h3,5,8,10,12-13,15H,2,4,6-7,9H2,1H3. The highest BCUT2D eigenvalue weighted by Gasteiger charge is 2.26. The van der Waals surface area contributed by atoms with E-state index in [2.05, 4.69) is 35.1 Å².